The maximum atomic E-state index is 14.5. The number of carbonyl (C=O) groups is 1. The van der Waals surface area contributed by atoms with Gasteiger partial charge in [-0.15, -0.1) is 0 Å². The van der Waals surface area contributed by atoms with E-state index in [-0.39, 0.29) is 34.5 Å². The third kappa shape index (κ3) is 7.36. The Bertz CT molecular complexity index is 1850. The third-order valence-electron chi connectivity index (χ3n) is 12.0. The van der Waals surface area contributed by atoms with Crippen molar-refractivity contribution >= 4 is 11.7 Å². The molecule has 1 spiro atoms. The van der Waals surface area contributed by atoms with Crippen LogP contribution in [-0.2, 0) is 17.7 Å². The highest BCUT2D eigenvalue weighted by Gasteiger charge is 2.55. The van der Waals surface area contributed by atoms with E-state index < -0.39 is 36.5 Å². The van der Waals surface area contributed by atoms with Crippen LogP contribution >= 0.6 is 0 Å². The van der Waals surface area contributed by atoms with Gasteiger partial charge in [-0.2, -0.15) is 0 Å². The summed E-state index contributed by atoms with van der Waals surface area (Å²) in [5.41, 5.74) is 2.41. The highest BCUT2D eigenvalue weighted by molar-refractivity contribution is 5.97. The summed E-state index contributed by atoms with van der Waals surface area (Å²) in [7, 11) is 1.79. The van der Waals surface area contributed by atoms with E-state index in [0.717, 1.165) is 95.6 Å². The number of methoxy groups -OCH3 is 1. The third-order valence-corrected chi connectivity index (χ3v) is 12.0. The van der Waals surface area contributed by atoms with E-state index in [1.165, 1.54) is 35.1 Å². The zero-order chi connectivity index (χ0) is 37.8. The Morgan fingerprint density at radius 3 is 2.48 bits per heavy atom. The molecule has 2 aliphatic carbocycles. The van der Waals surface area contributed by atoms with Gasteiger partial charge in [0.15, 0.2) is 11.6 Å². The lowest BCUT2D eigenvalue weighted by Crippen LogP contribution is -2.65. The summed E-state index contributed by atoms with van der Waals surface area (Å²) in [5.74, 6) is -2.02. The molecule has 8 rings (SSSR count). The molecule has 0 radical (unpaired) electrons. The van der Waals surface area contributed by atoms with Crippen LogP contribution in [0.15, 0.2) is 43.0 Å². The Morgan fingerprint density at radius 1 is 1.00 bits per heavy atom. The fourth-order valence-electron chi connectivity index (χ4n) is 9.10. The molecule has 0 bridgehead atoms. The smallest absolute Gasteiger partial charge is 0.258 e. The summed E-state index contributed by atoms with van der Waals surface area (Å²) in [6, 6.07) is 4.71. The molecule has 2 saturated heterocycles. The first-order chi connectivity index (χ1) is 25.8. The number of halogens is 3. The van der Waals surface area contributed by atoms with Gasteiger partial charge in [0.1, 0.15) is 29.7 Å². The van der Waals surface area contributed by atoms with Gasteiger partial charge in [0.25, 0.3) is 11.8 Å². The number of ether oxygens (including phenoxy) is 3. The number of carbonyl (C=O) groups excluding carboxylic acids is 1. The van der Waals surface area contributed by atoms with E-state index in [0.29, 0.717) is 11.6 Å². The Morgan fingerprint density at radius 2 is 1.76 bits per heavy atom. The maximum Gasteiger partial charge on any atom is 0.258 e. The van der Waals surface area contributed by atoms with Crippen molar-refractivity contribution in [2.45, 2.75) is 95.6 Å². The van der Waals surface area contributed by atoms with Crippen molar-refractivity contribution in [1.82, 2.24) is 29.7 Å². The standard InChI is InChI=1S/C40H50F3N7O4/c1-26(2)50(28-15-40(42,43)16-28)37(51)30-14-27(41)6-7-33(30)54-35-19-44-25-46-36(35)49-23-39(24-49)17-29(18-39)53-34-8-10-45-32-9-13-47(20-31(32)34)11-5-12-48-21-38(3,22-48)52-4/h6-8,10,14,19,25-26,28-29H,5,9,11-13,15-18,20-24H2,1-4H3. The van der Waals surface area contributed by atoms with Crippen molar-refractivity contribution in [2.24, 2.45) is 5.41 Å². The topological polar surface area (TPSA) is 96.4 Å². The van der Waals surface area contributed by atoms with Crippen LogP contribution in [0.4, 0.5) is 19.0 Å². The minimum Gasteiger partial charge on any atom is -0.490 e. The number of rotatable bonds is 13. The Kier molecular flexibility index (Phi) is 9.75. The number of benzene rings is 1. The molecule has 14 heteroatoms. The first-order valence-corrected chi connectivity index (χ1v) is 19.2. The van der Waals surface area contributed by atoms with Crippen molar-refractivity contribution in [3.05, 3.63) is 65.6 Å². The van der Waals surface area contributed by atoms with Crippen LogP contribution in [0, 0.1) is 11.2 Å². The summed E-state index contributed by atoms with van der Waals surface area (Å²) in [6.45, 7) is 13.2. The second kappa shape index (κ2) is 14.2. The van der Waals surface area contributed by atoms with Gasteiger partial charge in [0.05, 0.1) is 17.4 Å². The minimum atomic E-state index is -2.81. The lowest BCUT2D eigenvalue weighted by molar-refractivity contribution is -0.120. The average Bonchev–Trinajstić information content (AvgIpc) is 3.08. The second-order valence-corrected chi connectivity index (χ2v) is 16.7. The number of likely N-dealkylation sites (tertiary alicyclic amines) is 1. The van der Waals surface area contributed by atoms with E-state index in [9.17, 15) is 18.0 Å². The van der Waals surface area contributed by atoms with Gasteiger partial charge in [-0.1, -0.05) is 0 Å². The van der Waals surface area contributed by atoms with Crippen LogP contribution in [0.5, 0.6) is 17.2 Å². The SMILES string of the molecule is COC1(C)CN(CCCN2CCc3nccc(OC4CC5(C4)CN(c4ncncc4Oc4ccc(F)cc4C(=O)N(C(C)C)C4CC(F)(F)C4)C5)c3C2)C1. The highest BCUT2D eigenvalue weighted by Crippen LogP contribution is 2.52. The highest BCUT2D eigenvalue weighted by atomic mass is 19.3. The van der Waals surface area contributed by atoms with E-state index in [4.69, 9.17) is 14.2 Å². The molecule has 2 aromatic heterocycles. The summed E-state index contributed by atoms with van der Waals surface area (Å²) >= 11 is 0. The van der Waals surface area contributed by atoms with Crippen LogP contribution < -0.4 is 14.4 Å². The number of hydrogen-bond donors (Lipinski definition) is 0. The van der Waals surface area contributed by atoms with Crippen LogP contribution in [0.25, 0.3) is 0 Å². The molecular formula is C40H50F3N7O4. The van der Waals surface area contributed by atoms with Gasteiger partial charge in [0, 0.05) is 101 Å². The van der Waals surface area contributed by atoms with Crippen LogP contribution in [-0.4, -0.2) is 118 Å². The van der Waals surface area contributed by atoms with Crippen molar-refractivity contribution in [1.29, 1.82) is 0 Å². The molecule has 11 nitrogen and oxygen atoms in total. The number of nitrogens with zero attached hydrogens (tertiary/aromatic N) is 7. The molecule has 4 fully saturated rings. The van der Waals surface area contributed by atoms with Crippen molar-refractivity contribution in [2.75, 3.05) is 57.8 Å². The first kappa shape index (κ1) is 36.9. The molecule has 1 amide bonds. The molecular weight excluding hydrogens is 699 g/mol. The molecule has 0 unspecified atom stereocenters. The van der Waals surface area contributed by atoms with Gasteiger partial charge in [0.2, 0.25) is 0 Å². The van der Waals surface area contributed by atoms with Gasteiger partial charge in [-0.3, -0.25) is 19.6 Å². The zero-order valence-corrected chi connectivity index (χ0v) is 31.6. The number of alkyl halides is 2. The number of amides is 1. The molecule has 1 aromatic carbocycles. The van der Waals surface area contributed by atoms with E-state index in [1.807, 2.05) is 12.3 Å². The normalized spacial score (nSPS) is 21.8. The summed E-state index contributed by atoms with van der Waals surface area (Å²) in [5, 5.41) is 0. The average molecular weight is 750 g/mol. The van der Waals surface area contributed by atoms with E-state index >= 15 is 0 Å². The van der Waals surface area contributed by atoms with Gasteiger partial charge in [-0.05, 0) is 77.4 Å². The minimum absolute atomic E-state index is 0.00559. The molecule has 0 atom stereocenters. The van der Waals surface area contributed by atoms with Gasteiger partial charge < -0.3 is 24.0 Å². The zero-order valence-electron chi connectivity index (χ0n) is 31.6. The Balaban J connectivity index is 0.867. The summed E-state index contributed by atoms with van der Waals surface area (Å²) in [4.78, 5) is 35.6. The van der Waals surface area contributed by atoms with E-state index in [2.05, 4.69) is 36.6 Å². The largest absolute Gasteiger partial charge is 0.490 e. The number of pyridine rings is 1. The molecule has 5 aliphatic rings. The Labute approximate surface area is 314 Å². The number of aromatic nitrogens is 3. The second-order valence-electron chi connectivity index (χ2n) is 16.7. The summed E-state index contributed by atoms with van der Waals surface area (Å²) in [6.07, 6.45) is 8.01. The lowest BCUT2D eigenvalue weighted by atomic mass is 9.61. The molecule has 0 N–H and O–H groups in total. The van der Waals surface area contributed by atoms with Crippen molar-refractivity contribution in [3.63, 3.8) is 0 Å². The quantitative estimate of drug-likeness (QED) is 0.208. The molecule has 5 heterocycles. The van der Waals surface area contributed by atoms with Crippen LogP contribution in [0.3, 0.4) is 0 Å². The fraction of sp³-hybridized carbons (Fsp3) is 0.600. The predicted molar refractivity (Wildman–Crippen MR) is 196 cm³/mol. The van der Waals surface area contributed by atoms with Crippen molar-refractivity contribution in [3.8, 4) is 17.2 Å². The molecule has 54 heavy (non-hydrogen) atoms. The number of hydrogen-bond acceptors (Lipinski definition) is 10. The van der Waals surface area contributed by atoms with Gasteiger partial charge >= 0.3 is 0 Å². The first-order valence-electron chi connectivity index (χ1n) is 19.2. The number of anilines is 1. The molecule has 3 aromatic rings. The molecule has 290 valence electrons. The van der Waals surface area contributed by atoms with Crippen LogP contribution in [0.1, 0.15) is 74.5 Å². The van der Waals surface area contributed by atoms with Crippen molar-refractivity contribution < 1.29 is 32.2 Å². The maximum absolute atomic E-state index is 14.5. The molecule has 2 saturated carbocycles. The van der Waals surface area contributed by atoms with Crippen LogP contribution in [0.2, 0.25) is 0 Å². The predicted octanol–water partition coefficient (Wildman–Crippen LogP) is 5.97. The van der Waals surface area contributed by atoms with Gasteiger partial charge in [-0.25, -0.2) is 23.1 Å². The van der Waals surface area contributed by atoms with E-state index in [1.54, 1.807) is 21.0 Å². The summed E-state index contributed by atoms with van der Waals surface area (Å²) < 4.78 is 60.5. The lowest BCUT2D eigenvalue weighted by Gasteiger charge is -2.59. The molecule has 3 aliphatic heterocycles. The number of fused-ring (bicyclic) bond motifs is 1. The Hall–Kier alpha value is -4.01. The fourth-order valence-corrected chi connectivity index (χ4v) is 9.10. The monoisotopic (exact) mass is 749 g/mol.